The van der Waals surface area contributed by atoms with E-state index in [9.17, 15) is 4.39 Å². The van der Waals surface area contributed by atoms with Crippen molar-refractivity contribution in [2.75, 3.05) is 13.3 Å². The molecule has 58 heavy (non-hydrogen) atoms. The lowest BCUT2D eigenvalue weighted by molar-refractivity contribution is -0.404. The number of benzene rings is 5. The van der Waals surface area contributed by atoms with Crippen LogP contribution < -0.4 is 0 Å². The van der Waals surface area contributed by atoms with Crippen LogP contribution in [0.2, 0.25) is 0 Å². The molecule has 3 saturated heterocycles. The largest absolute Gasteiger partial charge is 0.369 e. The normalized spacial score (nSPS) is 29.7. The molecule has 3 fully saturated rings. The van der Waals surface area contributed by atoms with Crippen LogP contribution in [0.3, 0.4) is 0 Å². The van der Waals surface area contributed by atoms with Gasteiger partial charge in [0.1, 0.15) is 49.4 Å². The number of halogens is 2. The first-order valence-electron chi connectivity index (χ1n) is 19.7. The summed E-state index contributed by atoms with van der Waals surface area (Å²) in [7, 11) is 0. The number of alkyl halides is 2. The van der Waals surface area contributed by atoms with Gasteiger partial charge in [-0.2, -0.15) is 0 Å². The van der Waals surface area contributed by atoms with Crippen LogP contribution in [-0.4, -0.2) is 74.0 Å². The van der Waals surface area contributed by atoms with Gasteiger partial charge in [0.25, 0.3) is 0 Å². The molecule has 304 valence electrons. The molecule has 11 heteroatoms. The summed E-state index contributed by atoms with van der Waals surface area (Å²) in [5.41, 5.74) is 4.62. The van der Waals surface area contributed by atoms with Crippen molar-refractivity contribution < 1.29 is 47.0 Å². The van der Waals surface area contributed by atoms with Crippen molar-refractivity contribution in [1.82, 2.24) is 0 Å². The van der Waals surface area contributed by atoms with Crippen LogP contribution in [0.1, 0.15) is 34.1 Å². The fourth-order valence-electron chi connectivity index (χ4n) is 7.46. The molecule has 0 amide bonds. The van der Waals surface area contributed by atoms with E-state index in [-0.39, 0.29) is 33.0 Å². The van der Waals surface area contributed by atoms with E-state index >= 15 is 0 Å². The van der Waals surface area contributed by atoms with Gasteiger partial charge in [-0.15, -0.1) is 11.6 Å². The summed E-state index contributed by atoms with van der Waals surface area (Å²) in [5.74, 6) is 0. The third kappa shape index (κ3) is 10.2. The molecule has 9 nitrogen and oxygen atoms in total. The standard InChI is InChI=1S/C47H48ClFO9/c48-39-37(26-49)55-46(43(52-29-34-20-10-3-11-21-34)41(39)50-27-32-16-6-1-7-17-32)58-47-44(53-30-35-22-12-4-13-23-35)42(51-28-33-18-8-2-9-19-33)40-38(56-47)31-54-45(57-40)36-24-14-5-15-25-36/h1-25,37-47H,26-31H2/t37-,38+,39+,40+,41+,42-,43-,44+,45?,46-,47+/m1/s1. The molecule has 0 radical (unpaired) electrons. The fraction of sp³-hybridized carbons (Fsp3) is 0.362. The molecule has 3 heterocycles. The van der Waals surface area contributed by atoms with Crippen LogP contribution in [0, 0.1) is 0 Å². The monoisotopic (exact) mass is 810 g/mol. The van der Waals surface area contributed by atoms with Gasteiger partial charge >= 0.3 is 0 Å². The second kappa shape index (κ2) is 20.3. The van der Waals surface area contributed by atoms with Gasteiger partial charge in [-0.25, -0.2) is 4.39 Å². The van der Waals surface area contributed by atoms with E-state index in [2.05, 4.69) is 0 Å². The zero-order chi connectivity index (χ0) is 39.5. The minimum Gasteiger partial charge on any atom is -0.369 e. The number of hydrogen-bond donors (Lipinski definition) is 0. The maximum absolute atomic E-state index is 14.8. The Balaban J connectivity index is 1.12. The maximum Gasteiger partial charge on any atom is 0.190 e. The minimum atomic E-state index is -1.19. The molecule has 0 aliphatic carbocycles. The lowest BCUT2D eigenvalue weighted by Crippen LogP contribution is -2.66. The topological polar surface area (TPSA) is 83.1 Å². The van der Waals surface area contributed by atoms with Crippen LogP contribution in [0.5, 0.6) is 0 Å². The second-order valence-corrected chi connectivity index (χ2v) is 15.0. The highest BCUT2D eigenvalue weighted by atomic mass is 35.5. The summed E-state index contributed by atoms with van der Waals surface area (Å²) in [6.45, 7) is 0.196. The van der Waals surface area contributed by atoms with Gasteiger partial charge in [-0.3, -0.25) is 0 Å². The summed E-state index contributed by atoms with van der Waals surface area (Å²) in [4.78, 5) is 0. The van der Waals surface area contributed by atoms with E-state index in [1.165, 1.54) is 0 Å². The van der Waals surface area contributed by atoms with Crippen LogP contribution in [0.4, 0.5) is 4.39 Å². The molecule has 0 saturated carbocycles. The van der Waals surface area contributed by atoms with Gasteiger partial charge in [0.05, 0.1) is 38.4 Å². The molecule has 1 unspecified atom stereocenters. The van der Waals surface area contributed by atoms with Gasteiger partial charge in [-0.1, -0.05) is 152 Å². The van der Waals surface area contributed by atoms with Gasteiger partial charge in [-0.05, 0) is 22.3 Å². The SMILES string of the molecule is FC[C@H]1O[C@H](O[C@@H]2O[C@H]3COC(c4ccccc4)O[C@@H]3[C@@H](OCc3ccccc3)[C@@H]2OCc2ccccc2)[C@H](OCc2ccccc2)[C@@H](OCc2ccccc2)[C@H]1Cl. The zero-order valence-corrected chi connectivity index (χ0v) is 32.7. The van der Waals surface area contributed by atoms with E-state index in [0.29, 0.717) is 0 Å². The molecule has 3 aliphatic heterocycles. The Morgan fingerprint density at radius 2 is 0.914 bits per heavy atom. The summed E-state index contributed by atoms with van der Waals surface area (Å²) >= 11 is 6.99. The van der Waals surface area contributed by atoms with E-state index in [1.807, 2.05) is 152 Å². The number of rotatable bonds is 16. The Morgan fingerprint density at radius 1 is 0.500 bits per heavy atom. The van der Waals surface area contributed by atoms with Crippen LogP contribution in [-0.2, 0) is 69.1 Å². The minimum absolute atomic E-state index is 0.180. The van der Waals surface area contributed by atoms with Crippen molar-refractivity contribution >= 4 is 11.6 Å². The molecule has 0 aromatic heterocycles. The molecule has 0 bridgehead atoms. The van der Waals surface area contributed by atoms with Crippen molar-refractivity contribution in [3.05, 3.63) is 179 Å². The van der Waals surface area contributed by atoms with Crippen LogP contribution >= 0.6 is 11.6 Å². The van der Waals surface area contributed by atoms with Crippen molar-refractivity contribution in [3.8, 4) is 0 Å². The van der Waals surface area contributed by atoms with Crippen molar-refractivity contribution in [2.45, 2.75) is 93.4 Å². The molecule has 8 rings (SSSR count). The van der Waals surface area contributed by atoms with Crippen molar-refractivity contribution in [2.24, 2.45) is 0 Å². The van der Waals surface area contributed by atoms with Crippen LogP contribution in [0.25, 0.3) is 0 Å². The summed E-state index contributed by atoms with van der Waals surface area (Å²) in [5, 5.41) is -0.895. The van der Waals surface area contributed by atoms with E-state index in [4.69, 9.17) is 54.2 Å². The lowest BCUT2D eigenvalue weighted by Gasteiger charge is -2.50. The Morgan fingerprint density at radius 3 is 1.40 bits per heavy atom. The molecule has 3 aliphatic rings. The van der Waals surface area contributed by atoms with Crippen molar-refractivity contribution in [3.63, 3.8) is 0 Å². The summed E-state index contributed by atoms with van der Waals surface area (Å²) < 4.78 is 74.4. The van der Waals surface area contributed by atoms with Gasteiger partial charge < -0.3 is 42.6 Å². The third-order valence-corrected chi connectivity index (χ3v) is 11.0. The number of fused-ring (bicyclic) bond motifs is 1. The first-order valence-corrected chi connectivity index (χ1v) is 20.2. The Labute approximate surface area is 343 Å². The molecule has 0 N–H and O–H groups in total. The molecule has 0 spiro atoms. The van der Waals surface area contributed by atoms with Gasteiger partial charge in [0.2, 0.25) is 0 Å². The smallest absolute Gasteiger partial charge is 0.190 e. The molecule has 5 aromatic rings. The average Bonchev–Trinajstić information content (AvgIpc) is 3.28. The molecular formula is C47H48ClFO9. The maximum atomic E-state index is 14.8. The van der Waals surface area contributed by atoms with E-state index in [1.54, 1.807) is 0 Å². The average molecular weight is 811 g/mol. The highest BCUT2D eigenvalue weighted by Crippen LogP contribution is 2.40. The highest BCUT2D eigenvalue weighted by molar-refractivity contribution is 6.21. The Kier molecular flexibility index (Phi) is 14.2. The predicted octanol–water partition coefficient (Wildman–Crippen LogP) is 8.49. The van der Waals surface area contributed by atoms with Crippen LogP contribution in [0.15, 0.2) is 152 Å². The molecule has 5 aromatic carbocycles. The quantitative estimate of drug-likeness (QED) is 0.0912. The first-order chi connectivity index (χ1) is 28.6. The Hall–Kier alpha value is -4.04. The zero-order valence-electron chi connectivity index (χ0n) is 32.0. The Bertz CT molecular complexity index is 1930. The lowest BCUT2D eigenvalue weighted by atomic mass is 9.96. The van der Waals surface area contributed by atoms with Gasteiger partial charge in [0.15, 0.2) is 18.9 Å². The molecular weight excluding hydrogens is 763 g/mol. The first kappa shape index (κ1) is 40.7. The number of hydrogen-bond acceptors (Lipinski definition) is 9. The predicted molar refractivity (Wildman–Crippen MR) is 214 cm³/mol. The van der Waals surface area contributed by atoms with E-state index < -0.39 is 73.6 Å². The van der Waals surface area contributed by atoms with Crippen molar-refractivity contribution in [1.29, 1.82) is 0 Å². The third-order valence-electron chi connectivity index (χ3n) is 10.5. The second-order valence-electron chi connectivity index (χ2n) is 14.5. The molecule has 11 atom stereocenters. The summed E-state index contributed by atoms with van der Waals surface area (Å²) in [6.07, 6.45) is -8.58. The summed E-state index contributed by atoms with van der Waals surface area (Å²) in [6, 6.07) is 48.9. The fourth-order valence-corrected chi connectivity index (χ4v) is 7.81. The van der Waals surface area contributed by atoms with E-state index in [0.717, 1.165) is 27.8 Å². The highest BCUT2D eigenvalue weighted by Gasteiger charge is 2.55. The van der Waals surface area contributed by atoms with Gasteiger partial charge in [0, 0.05) is 5.56 Å². The number of ether oxygens (including phenoxy) is 9.